The van der Waals surface area contributed by atoms with Gasteiger partial charge in [0, 0.05) is 18.5 Å². The molecule has 6 unspecified atom stereocenters. The van der Waals surface area contributed by atoms with Gasteiger partial charge in [0.2, 0.25) is 11.8 Å². The first-order chi connectivity index (χ1) is 19.1. The van der Waals surface area contributed by atoms with Crippen LogP contribution < -0.4 is 4.74 Å². The molecule has 2 aliphatic carbocycles. The lowest BCUT2D eigenvalue weighted by molar-refractivity contribution is -0.141. The van der Waals surface area contributed by atoms with Crippen LogP contribution in [0.25, 0.3) is 0 Å². The van der Waals surface area contributed by atoms with Crippen molar-refractivity contribution in [3.05, 3.63) is 71.3 Å². The van der Waals surface area contributed by atoms with E-state index < -0.39 is 45.2 Å². The standard InChI is InChI=1S/C30H28Cl2N2O6/c1-3-40-21-11-7-10-19(24(21)35)23-17-12-13-18-22(26(37)34(25(18)36)15-16-8-5-4-6-9-16)20(17)14-29(31)27(38)33(2)28(39)30(23,29)32/h4-12,18,20,22-23,35H,3,13-15H2,1-2H3. The minimum Gasteiger partial charge on any atom is -0.504 e. The van der Waals surface area contributed by atoms with Crippen LogP contribution in [-0.2, 0) is 25.7 Å². The number of allylic oxidation sites excluding steroid dienone is 2. The average molecular weight is 583 g/mol. The van der Waals surface area contributed by atoms with E-state index in [1.54, 1.807) is 25.1 Å². The quantitative estimate of drug-likeness (QED) is 0.325. The second kappa shape index (κ2) is 9.35. The fourth-order valence-corrected chi connectivity index (χ4v) is 8.13. The van der Waals surface area contributed by atoms with Gasteiger partial charge in [-0.2, -0.15) is 0 Å². The number of benzene rings is 2. The fraction of sp³-hybridized carbons (Fsp3) is 0.400. The number of amides is 4. The van der Waals surface area contributed by atoms with Crippen molar-refractivity contribution in [1.82, 2.24) is 9.80 Å². The molecule has 2 aliphatic heterocycles. The maximum atomic E-state index is 13.9. The summed E-state index contributed by atoms with van der Waals surface area (Å²) in [5, 5.41) is 11.3. The van der Waals surface area contributed by atoms with Gasteiger partial charge in [0.1, 0.15) is 0 Å². The van der Waals surface area contributed by atoms with Gasteiger partial charge >= 0.3 is 0 Å². The summed E-state index contributed by atoms with van der Waals surface area (Å²) in [4.78, 5) is 53.0. The summed E-state index contributed by atoms with van der Waals surface area (Å²) in [7, 11) is 1.33. The Hall–Kier alpha value is -3.36. The van der Waals surface area contributed by atoms with E-state index in [0.717, 1.165) is 10.5 Å². The topological polar surface area (TPSA) is 104 Å². The summed E-state index contributed by atoms with van der Waals surface area (Å²) in [6.45, 7) is 2.20. The highest BCUT2D eigenvalue weighted by molar-refractivity contribution is 6.53. The number of likely N-dealkylation sites (tertiary alicyclic amines) is 2. The van der Waals surface area contributed by atoms with Crippen molar-refractivity contribution in [2.24, 2.45) is 17.8 Å². The first-order valence-corrected chi connectivity index (χ1v) is 14.1. The fourth-order valence-electron chi connectivity index (χ4n) is 7.12. The van der Waals surface area contributed by atoms with Crippen molar-refractivity contribution in [2.45, 2.75) is 42.0 Å². The molecule has 1 saturated carbocycles. The number of phenols is 1. The summed E-state index contributed by atoms with van der Waals surface area (Å²) in [6, 6.07) is 14.1. The Bertz CT molecular complexity index is 1480. The van der Waals surface area contributed by atoms with Crippen molar-refractivity contribution in [2.75, 3.05) is 13.7 Å². The lowest BCUT2D eigenvalue weighted by atomic mass is 9.56. The molecular formula is C30H28Cl2N2O6. The summed E-state index contributed by atoms with van der Waals surface area (Å²) in [6.07, 6.45) is 2.01. The van der Waals surface area contributed by atoms with E-state index >= 15 is 0 Å². The molecule has 2 aromatic carbocycles. The summed E-state index contributed by atoms with van der Waals surface area (Å²) < 4.78 is 5.60. The largest absolute Gasteiger partial charge is 0.504 e. The number of fused-ring (bicyclic) bond motifs is 4. The van der Waals surface area contributed by atoms with Gasteiger partial charge < -0.3 is 9.84 Å². The second-order valence-electron chi connectivity index (χ2n) is 10.9. The lowest BCUT2D eigenvalue weighted by Crippen LogP contribution is -2.60. The Morgan fingerprint density at radius 3 is 2.40 bits per heavy atom. The van der Waals surface area contributed by atoms with Crippen molar-refractivity contribution in [3.63, 3.8) is 0 Å². The number of alkyl halides is 2. The Morgan fingerprint density at radius 1 is 0.975 bits per heavy atom. The number of hydrogen-bond acceptors (Lipinski definition) is 6. The van der Waals surface area contributed by atoms with Crippen LogP contribution in [0.5, 0.6) is 11.5 Å². The van der Waals surface area contributed by atoms with Crippen molar-refractivity contribution in [3.8, 4) is 11.5 Å². The van der Waals surface area contributed by atoms with E-state index in [1.807, 2.05) is 36.4 Å². The molecule has 0 bridgehead atoms. The van der Waals surface area contributed by atoms with Gasteiger partial charge in [0.15, 0.2) is 21.2 Å². The Labute approximate surface area is 241 Å². The third-order valence-electron chi connectivity index (χ3n) is 8.93. The highest BCUT2D eigenvalue weighted by Gasteiger charge is 2.76. The molecule has 1 N–H and O–H groups in total. The molecule has 8 nitrogen and oxygen atoms in total. The van der Waals surface area contributed by atoms with Gasteiger partial charge in [-0.05, 0) is 37.3 Å². The van der Waals surface area contributed by atoms with E-state index in [0.29, 0.717) is 5.57 Å². The van der Waals surface area contributed by atoms with Crippen LogP contribution in [-0.4, -0.2) is 61.9 Å². The van der Waals surface area contributed by atoms with Crippen LogP contribution in [0.2, 0.25) is 0 Å². The number of carbonyl (C=O) groups is 4. The Balaban J connectivity index is 1.49. The number of ether oxygens (including phenoxy) is 1. The number of hydrogen-bond donors (Lipinski definition) is 1. The van der Waals surface area contributed by atoms with Crippen LogP contribution >= 0.6 is 23.2 Å². The van der Waals surface area contributed by atoms with E-state index in [1.165, 1.54) is 11.9 Å². The first-order valence-electron chi connectivity index (χ1n) is 13.3. The van der Waals surface area contributed by atoms with Crippen LogP contribution in [0.3, 0.4) is 0 Å². The van der Waals surface area contributed by atoms with Gasteiger partial charge in [0.05, 0.1) is 25.0 Å². The minimum atomic E-state index is -1.97. The van der Waals surface area contributed by atoms with Crippen LogP contribution in [0.1, 0.15) is 36.8 Å². The number of para-hydroxylation sites is 1. The molecule has 40 heavy (non-hydrogen) atoms. The van der Waals surface area contributed by atoms with Crippen LogP contribution in [0.15, 0.2) is 60.2 Å². The summed E-state index contributed by atoms with van der Waals surface area (Å²) in [5.74, 6) is -5.07. The van der Waals surface area contributed by atoms with E-state index in [9.17, 15) is 24.3 Å². The molecule has 0 spiro atoms. The number of imide groups is 2. The van der Waals surface area contributed by atoms with Crippen LogP contribution in [0, 0.1) is 17.8 Å². The zero-order chi connectivity index (χ0) is 28.6. The predicted octanol–water partition coefficient (Wildman–Crippen LogP) is 3.98. The molecule has 3 fully saturated rings. The lowest BCUT2D eigenvalue weighted by Gasteiger charge is -2.50. The molecule has 2 heterocycles. The van der Waals surface area contributed by atoms with E-state index in [2.05, 4.69) is 0 Å². The number of phenolic OH excluding ortho intramolecular Hbond substituents is 1. The summed E-state index contributed by atoms with van der Waals surface area (Å²) in [5.41, 5.74) is 1.72. The molecule has 4 aliphatic rings. The molecule has 0 aromatic heterocycles. The molecule has 2 aromatic rings. The summed E-state index contributed by atoms with van der Waals surface area (Å²) >= 11 is 14.3. The monoisotopic (exact) mass is 582 g/mol. The zero-order valence-corrected chi connectivity index (χ0v) is 23.5. The Morgan fingerprint density at radius 2 is 1.70 bits per heavy atom. The number of nitrogens with zero attached hydrogens (tertiary/aromatic N) is 2. The molecular weight excluding hydrogens is 555 g/mol. The second-order valence-corrected chi connectivity index (χ2v) is 12.1. The van der Waals surface area contributed by atoms with Crippen molar-refractivity contribution < 1.29 is 29.0 Å². The normalized spacial score (nSPS) is 33.0. The maximum Gasteiger partial charge on any atom is 0.253 e. The molecule has 0 radical (unpaired) electrons. The predicted molar refractivity (Wildman–Crippen MR) is 147 cm³/mol. The molecule has 2 saturated heterocycles. The first kappa shape index (κ1) is 26.8. The maximum absolute atomic E-state index is 13.9. The zero-order valence-electron chi connectivity index (χ0n) is 22.0. The third-order valence-corrected chi connectivity index (χ3v) is 10.3. The minimum absolute atomic E-state index is 0.0966. The van der Waals surface area contributed by atoms with Gasteiger partial charge in [-0.3, -0.25) is 29.0 Å². The molecule has 10 heteroatoms. The number of carbonyl (C=O) groups excluding carboxylic acids is 4. The van der Waals surface area contributed by atoms with Crippen LogP contribution in [0.4, 0.5) is 0 Å². The highest BCUT2D eigenvalue weighted by atomic mass is 35.5. The molecule has 4 amide bonds. The van der Waals surface area contributed by atoms with Gasteiger partial charge in [-0.1, -0.05) is 54.1 Å². The average Bonchev–Trinajstić information content (AvgIpc) is 3.26. The van der Waals surface area contributed by atoms with Crippen molar-refractivity contribution in [1.29, 1.82) is 0 Å². The van der Waals surface area contributed by atoms with E-state index in [4.69, 9.17) is 27.9 Å². The van der Waals surface area contributed by atoms with Crippen molar-refractivity contribution >= 4 is 46.8 Å². The number of halogens is 2. The van der Waals surface area contributed by atoms with Gasteiger partial charge in [-0.25, -0.2) is 0 Å². The SMILES string of the molecule is CCOc1cccc(C2C3=CCC4C(=O)N(Cc5ccccc5)C(=O)C4C3CC3(Cl)C(=O)N(C)C(=O)C23Cl)c1O. The van der Waals surface area contributed by atoms with Gasteiger partial charge in [0.25, 0.3) is 11.8 Å². The smallest absolute Gasteiger partial charge is 0.253 e. The van der Waals surface area contributed by atoms with E-state index in [-0.39, 0.29) is 54.9 Å². The van der Waals surface area contributed by atoms with Gasteiger partial charge in [-0.15, -0.1) is 23.2 Å². The third kappa shape index (κ3) is 3.45. The highest BCUT2D eigenvalue weighted by Crippen LogP contribution is 2.66. The molecule has 6 rings (SSSR count). The number of rotatable bonds is 5. The molecule has 6 atom stereocenters. The Kier molecular flexibility index (Phi) is 6.27. The molecule has 208 valence electrons. The number of aromatic hydroxyl groups is 1.